The van der Waals surface area contributed by atoms with E-state index in [0.29, 0.717) is 4.88 Å². The summed E-state index contributed by atoms with van der Waals surface area (Å²) in [6.45, 7) is 4.34. The normalized spacial score (nSPS) is 9.62. The molecule has 0 bridgehead atoms. The first-order valence-corrected chi connectivity index (χ1v) is 4.62. The van der Waals surface area contributed by atoms with Crippen molar-refractivity contribution >= 4 is 22.3 Å². The van der Waals surface area contributed by atoms with E-state index in [1.165, 1.54) is 11.3 Å². The maximum absolute atomic E-state index is 10.6. The third kappa shape index (κ3) is 2.32. The summed E-state index contributed by atoms with van der Waals surface area (Å²) in [4.78, 5) is 12.9. The second kappa shape index (κ2) is 4.09. The summed E-state index contributed by atoms with van der Waals surface area (Å²) < 4.78 is 0. The van der Waals surface area contributed by atoms with Crippen LogP contribution in [0.25, 0.3) is 0 Å². The Labute approximate surface area is 80.9 Å². The highest BCUT2D eigenvalue weighted by atomic mass is 32.1. The third-order valence-corrected chi connectivity index (χ3v) is 2.77. The molecule has 0 fully saturated rings. The Balaban J connectivity index is 2.78. The van der Waals surface area contributed by atoms with Crippen molar-refractivity contribution in [3.63, 3.8) is 0 Å². The minimum Gasteiger partial charge on any atom is -0.477 e. The number of aromatic carboxylic acids is 1. The Morgan fingerprint density at radius 1 is 1.77 bits per heavy atom. The number of rotatable bonds is 4. The van der Waals surface area contributed by atoms with Crippen LogP contribution in [0.3, 0.4) is 0 Å². The van der Waals surface area contributed by atoms with E-state index >= 15 is 0 Å². The summed E-state index contributed by atoms with van der Waals surface area (Å²) in [5.41, 5.74) is 0. The molecule has 1 aromatic rings. The fourth-order valence-electron chi connectivity index (χ4n) is 0.931. The number of hydrogen-bond acceptors (Lipinski definition) is 3. The van der Waals surface area contributed by atoms with Crippen molar-refractivity contribution in [1.29, 1.82) is 0 Å². The topological polar surface area (TPSA) is 40.5 Å². The summed E-state index contributed by atoms with van der Waals surface area (Å²) in [6, 6.07) is 3.42. The van der Waals surface area contributed by atoms with Crippen LogP contribution in [0.1, 0.15) is 9.67 Å². The number of likely N-dealkylation sites (N-methyl/N-ethyl adjacent to an activating group) is 1. The lowest BCUT2D eigenvalue weighted by molar-refractivity contribution is 0.0702. The molecule has 1 N–H and O–H groups in total. The number of carboxylic acid groups (broad SMARTS) is 1. The molecule has 0 unspecified atom stereocenters. The van der Waals surface area contributed by atoms with Crippen LogP contribution in [0.4, 0.5) is 5.00 Å². The molecule has 0 saturated heterocycles. The van der Waals surface area contributed by atoms with Gasteiger partial charge in [-0.1, -0.05) is 6.08 Å². The molecular weight excluding hydrogens is 186 g/mol. The number of thiophene rings is 1. The molecule has 1 rings (SSSR count). The average molecular weight is 197 g/mol. The van der Waals surface area contributed by atoms with Gasteiger partial charge in [0.1, 0.15) is 4.88 Å². The SMILES string of the molecule is C=CCN(C)c1ccc(C(=O)O)s1. The lowest BCUT2D eigenvalue weighted by Gasteiger charge is -2.13. The van der Waals surface area contributed by atoms with E-state index in [9.17, 15) is 4.79 Å². The van der Waals surface area contributed by atoms with Gasteiger partial charge in [-0.25, -0.2) is 4.79 Å². The van der Waals surface area contributed by atoms with E-state index in [4.69, 9.17) is 5.11 Å². The molecule has 1 aromatic heterocycles. The molecule has 0 saturated carbocycles. The van der Waals surface area contributed by atoms with Crippen LogP contribution in [-0.4, -0.2) is 24.7 Å². The molecule has 0 amide bonds. The third-order valence-electron chi connectivity index (χ3n) is 1.58. The van der Waals surface area contributed by atoms with Gasteiger partial charge < -0.3 is 10.0 Å². The fourth-order valence-corrected chi connectivity index (χ4v) is 1.75. The van der Waals surface area contributed by atoms with Gasteiger partial charge >= 0.3 is 5.97 Å². The minimum atomic E-state index is -0.872. The van der Waals surface area contributed by atoms with Gasteiger partial charge in [-0.3, -0.25) is 0 Å². The molecule has 0 atom stereocenters. The van der Waals surface area contributed by atoms with Crippen molar-refractivity contribution in [2.45, 2.75) is 0 Å². The predicted molar refractivity (Wildman–Crippen MR) is 54.7 cm³/mol. The summed E-state index contributed by atoms with van der Waals surface area (Å²) in [5.74, 6) is -0.872. The Kier molecular flexibility index (Phi) is 3.08. The van der Waals surface area contributed by atoms with E-state index in [1.807, 2.05) is 11.9 Å². The van der Waals surface area contributed by atoms with Crippen LogP contribution in [0.5, 0.6) is 0 Å². The molecule has 70 valence electrons. The summed E-state index contributed by atoms with van der Waals surface area (Å²) in [5, 5.41) is 9.62. The van der Waals surface area contributed by atoms with E-state index in [0.717, 1.165) is 11.5 Å². The van der Waals surface area contributed by atoms with Crippen molar-refractivity contribution in [3.8, 4) is 0 Å². The first kappa shape index (κ1) is 9.80. The quantitative estimate of drug-likeness (QED) is 0.751. The van der Waals surface area contributed by atoms with Gasteiger partial charge in [0.2, 0.25) is 0 Å². The number of carbonyl (C=O) groups is 1. The average Bonchev–Trinajstić information content (AvgIpc) is 2.52. The lowest BCUT2D eigenvalue weighted by atomic mass is 10.4. The second-order valence-electron chi connectivity index (χ2n) is 2.61. The Bertz CT molecular complexity index is 319. The zero-order chi connectivity index (χ0) is 9.84. The predicted octanol–water partition coefficient (Wildman–Crippen LogP) is 2.07. The molecule has 4 heteroatoms. The van der Waals surface area contributed by atoms with Gasteiger partial charge in [0, 0.05) is 13.6 Å². The fraction of sp³-hybridized carbons (Fsp3) is 0.222. The van der Waals surface area contributed by atoms with Gasteiger partial charge in [-0.2, -0.15) is 0 Å². The summed E-state index contributed by atoms with van der Waals surface area (Å²) in [6.07, 6.45) is 1.78. The maximum atomic E-state index is 10.6. The molecule has 0 spiro atoms. The van der Waals surface area contributed by atoms with Crippen molar-refractivity contribution in [2.24, 2.45) is 0 Å². The number of anilines is 1. The Morgan fingerprint density at radius 3 is 2.92 bits per heavy atom. The van der Waals surface area contributed by atoms with Crippen LogP contribution in [0, 0.1) is 0 Å². The molecule has 13 heavy (non-hydrogen) atoms. The Morgan fingerprint density at radius 2 is 2.46 bits per heavy atom. The standard InChI is InChI=1S/C9H11NO2S/c1-3-6-10(2)8-5-4-7(13-8)9(11)12/h3-5H,1,6H2,2H3,(H,11,12). The van der Waals surface area contributed by atoms with Gasteiger partial charge in [0.05, 0.1) is 5.00 Å². The number of nitrogens with zero attached hydrogens (tertiary/aromatic N) is 1. The van der Waals surface area contributed by atoms with Gasteiger partial charge in [-0.05, 0) is 12.1 Å². The molecule has 0 radical (unpaired) electrons. The zero-order valence-electron chi connectivity index (χ0n) is 7.36. The molecule has 0 aromatic carbocycles. The van der Waals surface area contributed by atoms with Crippen LogP contribution in [0.2, 0.25) is 0 Å². The van der Waals surface area contributed by atoms with E-state index in [2.05, 4.69) is 6.58 Å². The first-order chi connectivity index (χ1) is 6.15. The molecule has 3 nitrogen and oxygen atoms in total. The van der Waals surface area contributed by atoms with Gasteiger partial charge in [0.25, 0.3) is 0 Å². The van der Waals surface area contributed by atoms with Crippen molar-refractivity contribution < 1.29 is 9.90 Å². The van der Waals surface area contributed by atoms with Crippen molar-refractivity contribution in [2.75, 3.05) is 18.5 Å². The Hall–Kier alpha value is -1.29. The summed E-state index contributed by atoms with van der Waals surface area (Å²) >= 11 is 1.27. The molecule has 1 heterocycles. The van der Waals surface area contributed by atoms with Crippen LogP contribution < -0.4 is 4.90 Å². The van der Waals surface area contributed by atoms with Gasteiger partial charge in [-0.15, -0.1) is 17.9 Å². The van der Waals surface area contributed by atoms with Gasteiger partial charge in [0.15, 0.2) is 0 Å². The smallest absolute Gasteiger partial charge is 0.345 e. The minimum absolute atomic E-state index is 0.367. The molecule has 0 aliphatic carbocycles. The van der Waals surface area contributed by atoms with Crippen molar-refractivity contribution in [3.05, 3.63) is 29.7 Å². The van der Waals surface area contributed by atoms with Crippen LogP contribution >= 0.6 is 11.3 Å². The van der Waals surface area contributed by atoms with Crippen molar-refractivity contribution in [1.82, 2.24) is 0 Å². The number of hydrogen-bond donors (Lipinski definition) is 1. The second-order valence-corrected chi connectivity index (χ2v) is 3.67. The maximum Gasteiger partial charge on any atom is 0.345 e. The van der Waals surface area contributed by atoms with Crippen LogP contribution in [-0.2, 0) is 0 Å². The first-order valence-electron chi connectivity index (χ1n) is 3.80. The highest BCUT2D eigenvalue weighted by Crippen LogP contribution is 2.24. The lowest BCUT2D eigenvalue weighted by Crippen LogP contribution is -2.14. The largest absolute Gasteiger partial charge is 0.477 e. The number of carboxylic acids is 1. The van der Waals surface area contributed by atoms with E-state index < -0.39 is 5.97 Å². The highest BCUT2D eigenvalue weighted by Gasteiger charge is 2.08. The molecular formula is C9H11NO2S. The summed E-state index contributed by atoms with van der Waals surface area (Å²) in [7, 11) is 1.90. The zero-order valence-corrected chi connectivity index (χ0v) is 8.17. The molecule has 0 aliphatic rings. The van der Waals surface area contributed by atoms with Crippen LogP contribution in [0.15, 0.2) is 24.8 Å². The highest BCUT2D eigenvalue weighted by molar-refractivity contribution is 7.17. The monoisotopic (exact) mass is 197 g/mol. The molecule has 0 aliphatic heterocycles. The van der Waals surface area contributed by atoms with E-state index in [-0.39, 0.29) is 0 Å². The van der Waals surface area contributed by atoms with E-state index in [1.54, 1.807) is 18.2 Å².